The molecule has 0 radical (unpaired) electrons. The molecule has 3 N–H and O–H groups in total. The van der Waals surface area contributed by atoms with Crippen molar-refractivity contribution in [2.75, 3.05) is 12.4 Å². The van der Waals surface area contributed by atoms with Crippen molar-refractivity contribution in [1.29, 1.82) is 0 Å². The number of primary amides is 1. The number of amides is 2. The topological polar surface area (TPSA) is 98.5 Å². The zero-order chi connectivity index (χ0) is 24.3. The maximum absolute atomic E-state index is 12.7. The first kappa shape index (κ1) is 28.8. The van der Waals surface area contributed by atoms with Gasteiger partial charge in [0.1, 0.15) is 5.78 Å². The van der Waals surface area contributed by atoms with Gasteiger partial charge >= 0.3 is 0 Å². The molecule has 0 aliphatic carbocycles. The molecule has 0 fully saturated rings. The highest BCUT2D eigenvalue weighted by atomic mass is 16.5. The molecule has 6 heteroatoms. The summed E-state index contributed by atoms with van der Waals surface area (Å²) in [4.78, 5) is 36.5. The third kappa shape index (κ3) is 14.5. The van der Waals surface area contributed by atoms with Crippen LogP contribution in [0.2, 0.25) is 0 Å². The lowest BCUT2D eigenvalue weighted by Gasteiger charge is -2.15. The van der Waals surface area contributed by atoms with Crippen molar-refractivity contribution < 1.29 is 19.1 Å². The summed E-state index contributed by atoms with van der Waals surface area (Å²) in [6.07, 6.45) is 13.8. The molecule has 0 aromatic heterocycles. The molecule has 1 aromatic carbocycles. The van der Waals surface area contributed by atoms with Gasteiger partial charge in [-0.25, -0.2) is 0 Å². The molecule has 1 rings (SSSR count). The number of carbonyl (C=O) groups is 3. The van der Waals surface area contributed by atoms with Crippen molar-refractivity contribution in [2.24, 2.45) is 11.7 Å². The quantitative estimate of drug-likeness (QED) is 0.236. The number of nitrogens with one attached hydrogen (secondary N) is 1. The van der Waals surface area contributed by atoms with Crippen molar-refractivity contribution in [2.45, 2.75) is 103 Å². The number of hydrogen-bond acceptors (Lipinski definition) is 4. The van der Waals surface area contributed by atoms with Gasteiger partial charge in [0.2, 0.25) is 11.8 Å². The highest BCUT2D eigenvalue weighted by Gasteiger charge is 2.24. The largest absolute Gasteiger partial charge is 0.380 e. The number of methoxy groups -OCH3 is 1. The maximum atomic E-state index is 12.7. The Balaban J connectivity index is 2.30. The third-order valence-electron chi connectivity index (χ3n) is 5.88. The van der Waals surface area contributed by atoms with E-state index in [-0.39, 0.29) is 24.5 Å². The lowest BCUT2D eigenvalue weighted by atomic mass is 9.94. The predicted octanol–water partition coefficient (Wildman–Crippen LogP) is 5.92. The summed E-state index contributed by atoms with van der Waals surface area (Å²) in [5, 5.41) is 2.79. The molecular weight excluding hydrogens is 416 g/mol. The fraction of sp³-hybridized carbons (Fsp3) is 0.667. The summed E-state index contributed by atoms with van der Waals surface area (Å²) in [6, 6.07) is 7.28. The van der Waals surface area contributed by atoms with E-state index >= 15 is 0 Å². The van der Waals surface area contributed by atoms with E-state index in [4.69, 9.17) is 10.5 Å². The number of carbonyl (C=O) groups excluding carboxylic acids is 3. The number of hydrogen-bond donors (Lipinski definition) is 2. The van der Waals surface area contributed by atoms with Gasteiger partial charge in [-0.3, -0.25) is 14.4 Å². The van der Waals surface area contributed by atoms with E-state index in [0.29, 0.717) is 18.7 Å². The fourth-order valence-corrected chi connectivity index (χ4v) is 3.96. The number of benzene rings is 1. The first-order chi connectivity index (χ1) is 16.0. The Kier molecular flexibility index (Phi) is 15.9. The first-order valence-electron chi connectivity index (χ1n) is 12.6. The number of ether oxygens (including phenoxy) is 1. The van der Waals surface area contributed by atoms with Crippen LogP contribution in [0.1, 0.15) is 102 Å². The molecule has 6 nitrogen and oxygen atoms in total. The summed E-state index contributed by atoms with van der Waals surface area (Å²) in [6.45, 7) is 2.73. The van der Waals surface area contributed by atoms with Crippen molar-refractivity contribution in [3.05, 3.63) is 29.8 Å². The Morgan fingerprint density at radius 1 is 0.848 bits per heavy atom. The number of anilines is 1. The van der Waals surface area contributed by atoms with Crippen LogP contribution in [0.4, 0.5) is 5.69 Å². The summed E-state index contributed by atoms with van der Waals surface area (Å²) in [7, 11) is 1.62. The maximum Gasteiger partial charge on any atom is 0.228 e. The SMILES string of the molecule is CCCCCCCCCCCCCC(=O)C[C@H](CC(N)=O)C(=O)Nc1ccc(COC)cc1. The lowest BCUT2D eigenvalue weighted by molar-refractivity contribution is -0.129. The smallest absolute Gasteiger partial charge is 0.228 e. The molecule has 0 aliphatic rings. The van der Waals surface area contributed by atoms with Gasteiger partial charge in [-0.2, -0.15) is 0 Å². The molecule has 0 aliphatic heterocycles. The Morgan fingerprint density at radius 2 is 1.39 bits per heavy atom. The third-order valence-corrected chi connectivity index (χ3v) is 5.88. The predicted molar refractivity (Wildman–Crippen MR) is 134 cm³/mol. The van der Waals surface area contributed by atoms with E-state index < -0.39 is 11.8 Å². The van der Waals surface area contributed by atoms with Gasteiger partial charge in [-0.05, 0) is 24.1 Å². The van der Waals surface area contributed by atoms with Crippen molar-refractivity contribution in [1.82, 2.24) is 0 Å². The summed E-state index contributed by atoms with van der Waals surface area (Å²) < 4.78 is 5.08. The minimum atomic E-state index is -0.735. The molecule has 0 unspecified atom stereocenters. The average molecular weight is 461 g/mol. The van der Waals surface area contributed by atoms with Gasteiger partial charge in [0.05, 0.1) is 12.5 Å². The van der Waals surface area contributed by atoms with E-state index in [1.54, 1.807) is 19.2 Å². The number of Topliss-reactive ketones (excluding diaryl/α,β-unsaturated/α-hetero) is 1. The van der Waals surface area contributed by atoms with Gasteiger partial charge < -0.3 is 15.8 Å². The number of nitrogens with two attached hydrogens (primary N) is 1. The molecular formula is C27H44N2O4. The van der Waals surface area contributed by atoms with Gasteiger partial charge in [-0.15, -0.1) is 0 Å². The van der Waals surface area contributed by atoms with Crippen LogP contribution in [-0.2, 0) is 25.7 Å². The molecule has 0 saturated heterocycles. The highest BCUT2D eigenvalue weighted by Crippen LogP contribution is 2.18. The monoisotopic (exact) mass is 460 g/mol. The molecule has 0 spiro atoms. The van der Waals surface area contributed by atoms with Gasteiger partial charge in [0.25, 0.3) is 0 Å². The van der Waals surface area contributed by atoms with E-state index in [1.165, 1.54) is 51.4 Å². The van der Waals surface area contributed by atoms with Crippen molar-refractivity contribution in [3.8, 4) is 0 Å². The van der Waals surface area contributed by atoms with Crippen LogP contribution in [0.25, 0.3) is 0 Å². The molecule has 33 heavy (non-hydrogen) atoms. The van der Waals surface area contributed by atoms with Crippen LogP contribution in [0.15, 0.2) is 24.3 Å². The molecule has 1 aromatic rings. The standard InChI is InChI=1S/C27H44N2O4/c1-3-4-5-6-7-8-9-10-11-12-13-14-25(30)19-23(20-26(28)31)27(32)29-24-17-15-22(16-18-24)21-33-2/h15-18,23H,3-14,19-21H2,1-2H3,(H2,28,31)(H,29,32)/t23-/m1/s1. The molecule has 0 saturated carbocycles. The van der Waals surface area contributed by atoms with Gasteiger partial charge in [-0.1, -0.05) is 83.3 Å². The van der Waals surface area contributed by atoms with E-state index in [9.17, 15) is 14.4 Å². The van der Waals surface area contributed by atoms with Crippen LogP contribution in [0.3, 0.4) is 0 Å². The van der Waals surface area contributed by atoms with Crippen LogP contribution in [-0.4, -0.2) is 24.7 Å². The molecule has 0 heterocycles. The van der Waals surface area contributed by atoms with E-state index in [2.05, 4.69) is 12.2 Å². The minimum Gasteiger partial charge on any atom is -0.380 e. The average Bonchev–Trinajstić information content (AvgIpc) is 2.78. The lowest BCUT2D eigenvalue weighted by Crippen LogP contribution is -2.29. The van der Waals surface area contributed by atoms with Gasteiger partial charge in [0, 0.05) is 32.1 Å². The number of rotatable bonds is 20. The molecule has 2 amide bonds. The summed E-state index contributed by atoms with van der Waals surface area (Å²) in [5.41, 5.74) is 6.93. The highest BCUT2D eigenvalue weighted by molar-refractivity contribution is 5.97. The van der Waals surface area contributed by atoms with Crippen molar-refractivity contribution >= 4 is 23.3 Å². The molecule has 1 atom stereocenters. The zero-order valence-corrected chi connectivity index (χ0v) is 20.7. The van der Waals surface area contributed by atoms with Crippen LogP contribution < -0.4 is 11.1 Å². The van der Waals surface area contributed by atoms with Crippen LogP contribution in [0, 0.1) is 5.92 Å². The number of ketones is 1. The van der Waals surface area contributed by atoms with Crippen LogP contribution in [0.5, 0.6) is 0 Å². The molecule has 0 bridgehead atoms. The normalized spacial score (nSPS) is 11.8. The molecule has 186 valence electrons. The Hall–Kier alpha value is -2.21. The van der Waals surface area contributed by atoms with Crippen LogP contribution >= 0.6 is 0 Å². The summed E-state index contributed by atoms with van der Waals surface area (Å²) >= 11 is 0. The second-order valence-electron chi connectivity index (χ2n) is 9.01. The van der Waals surface area contributed by atoms with Gasteiger partial charge in [0.15, 0.2) is 0 Å². The fourth-order valence-electron chi connectivity index (χ4n) is 3.96. The number of unbranched alkanes of at least 4 members (excludes halogenated alkanes) is 10. The Labute approximate surface area is 200 Å². The van der Waals surface area contributed by atoms with E-state index in [0.717, 1.165) is 24.8 Å². The zero-order valence-electron chi connectivity index (χ0n) is 20.7. The summed E-state index contributed by atoms with van der Waals surface area (Å²) in [5.74, 6) is -1.64. The van der Waals surface area contributed by atoms with E-state index in [1.807, 2.05) is 12.1 Å². The van der Waals surface area contributed by atoms with Crippen molar-refractivity contribution in [3.63, 3.8) is 0 Å². The Morgan fingerprint density at radius 3 is 1.91 bits per heavy atom. The minimum absolute atomic E-state index is 0.0165. The second-order valence-corrected chi connectivity index (χ2v) is 9.01. The second kappa shape index (κ2) is 18.2. The Bertz CT molecular complexity index is 688. The first-order valence-corrected chi connectivity index (χ1v) is 12.6.